The normalized spacial score (nSPS) is 39.0. The molecule has 6 atom stereocenters. The van der Waals surface area contributed by atoms with E-state index >= 15 is 0 Å². The average molecular weight is 465 g/mol. The number of hydrogen-bond donors (Lipinski definition) is 1. The molecule has 1 aliphatic carbocycles. The number of rotatable bonds is 4. The molecule has 5 aliphatic rings. The average Bonchev–Trinajstić information content (AvgIpc) is 3.55. The number of nitrogens with one attached hydrogen (secondary N) is 1. The lowest BCUT2D eigenvalue weighted by molar-refractivity contribution is -0.147. The van der Waals surface area contributed by atoms with E-state index in [0.717, 1.165) is 51.6 Å². The fraction of sp³-hybridized carbons (Fsp3) is 0.920. The first-order valence-electron chi connectivity index (χ1n) is 13.2. The zero-order valence-corrected chi connectivity index (χ0v) is 20.3. The second-order valence-electron chi connectivity index (χ2n) is 11.4. The fourth-order valence-electron chi connectivity index (χ4n) is 7.08. The van der Waals surface area contributed by atoms with Crippen molar-refractivity contribution in [2.24, 2.45) is 11.3 Å². The largest absolute Gasteiger partial charge is 0.378 e. The van der Waals surface area contributed by atoms with Crippen LogP contribution < -0.4 is 5.32 Å². The summed E-state index contributed by atoms with van der Waals surface area (Å²) in [5, 5.41) is 3.53. The molecule has 4 aliphatic heterocycles. The number of piperazine rings is 1. The number of carbonyl (C=O) groups excluding carboxylic acids is 2. The van der Waals surface area contributed by atoms with Gasteiger partial charge in [0.25, 0.3) is 0 Å². The SMILES string of the molecule is CC(C)[C@]1(C(=O)N2C[C@@H]3C[C@H]2CN3C(=O)N2CCCCC2)CC[C@@H](NC2CCOCC2F)C1. The summed E-state index contributed by atoms with van der Waals surface area (Å²) in [4.78, 5) is 33.2. The Kier molecular flexibility index (Phi) is 6.60. The van der Waals surface area contributed by atoms with Crippen molar-refractivity contribution in [1.82, 2.24) is 20.0 Å². The second-order valence-corrected chi connectivity index (χ2v) is 11.4. The Morgan fingerprint density at radius 2 is 1.79 bits per heavy atom. The van der Waals surface area contributed by atoms with Crippen LogP contribution in [0.2, 0.25) is 0 Å². The number of hydrogen-bond acceptors (Lipinski definition) is 4. The number of fused-ring (bicyclic) bond motifs is 2. The molecule has 0 aromatic carbocycles. The molecule has 8 heteroatoms. The zero-order valence-electron chi connectivity index (χ0n) is 20.3. The van der Waals surface area contributed by atoms with Gasteiger partial charge in [0, 0.05) is 44.9 Å². The molecular formula is C25H41FN4O3. The standard InChI is InChI=1S/C25H41FN4O3/c1-17(2)25(8-6-18(13-25)27-22-7-11-33-16-21(22)26)23(31)29-14-20-12-19(29)15-30(20)24(32)28-9-4-3-5-10-28/h17-22,27H,3-16H2,1-2H3/t18-,19+,20+,21?,22?,25+/m1/s1. The van der Waals surface area contributed by atoms with Crippen molar-refractivity contribution in [3.8, 4) is 0 Å². The van der Waals surface area contributed by atoms with Crippen LogP contribution in [0.1, 0.15) is 65.2 Å². The Labute approximate surface area is 197 Å². The molecular weight excluding hydrogens is 423 g/mol. The number of amides is 3. The van der Waals surface area contributed by atoms with E-state index in [9.17, 15) is 14.0 Å². The van der Waals surface area contributed by atoms with E-state index in [1.807, 2.05) is 9.80 Å². The Morgan fingerprint density at radius 3 is 2.45 bits per heavy atom. The first kappa shape index (κ1) is 23.3. The van der Waals surface area contributed by atoms with Crippen LogP contribution in [0.5, 0.6) is 0 Å². The van der Waals surface area contributed by atoms with Crippen molar-refractivity contribution in [3.63, 3.8) is 0 Å². The van der Waals surface area contributed by atoms with Crippen LogP contribution in [-0.4, -0.2) is 96.4 Å². The van der Waals surface area contributed by atoms with Crippen LogP contribution in [-0.2, 0) is 9.53 Å². The van der Waals surface area contributed by atoms with E-state index < -0.39 is 6.17 Å². The van der Waals surface area contributed by atoms with Gasteiger partial charge >= 0.3 is 6.03 Å². The second kappa shape index (κ2) is 9.33. The maximum Gasteiger partial charge on any atom is 0.320 e. The molecule has 2 unspecified atom stereocenters. The lowest BCUT2D eigenvalue weighted by Gasteiger charge is -2.42. The Bertz CT molecular complexity index is 745. The van der Waals surface area contributed by atoms with Crippen molar-refractivity contribution in [3.05, 3.63) is 0 Å². The minimum absolute atomic E-state index is 0.143. The van der Waals surface area contributed by atoms with Crippen LogP contribution in [0.15, 0.2) is 0 Å². The third-order valence-electron chi connectivity index (χ3n) is 9.19. The number of nitrogens with zero attached hydrogens (tertiary/aromatic N) is 3. The van der Waals surface area contributed by atoms with Crippen molar-refractivity contribution in [1.29, 1.82) is 0 Å². The molecule has 4 heterocycles. The Hall–Kier alpha value is -1.41. The summed E-state index contributed by atoms with van der Waals surface area (Å²) >= 11 is 0. The van der Waals surface area contributed by atoms with Gasteiger partial charge in [-0.05, 0) is 57.3 Å². The minimum atomic E-state index is -0.971. The van der Waals surface area contributed by atoms with Gasteiger partial charge in [-0.25, -0.2) is 9.18 Å². The highest BCUT2D eigenvalue weighted by molar-refractivity contribution is 5.85. The monoisotopic (exact) mass is 464 g/mol. The molecule has 5 rings (SSSR count). The van der Waals surface area contributed by atoms with Crippen molar-refractivity contribution in [2.75, 3.05) is 39.4 Å². The Morgan fingerprint density at radius 1 is 1.06 bits per heavy atom. The summed E-state index contributed by atoms with van der Waals surface area (Å²) < 4.78 is 19.5. The number of carbonyl (C=O) groups is 2. The van der Waals surface area contributed by atoms with Crippen LogP contribution in [0, 0.1) is 11.3 Å². The van der Waals surface area contributed by atoms with Gasteiger partial charge in [0.15, 0.2) is 0 Å². The van der Waals surface area contributed by atoms with Gasteiger partial charge in [0.2, 0.25) is 5.91 Å². The molecule has 0 spiro atoms. The van der Waals surface area contributed by atoms with E-state index in [0.29, 0.717) is 26.1 Å². The van der Waals surface area contributed by atoms with E-state index in [-0.39, 0.29) is 54.0 Å². The summed E-state index contributed by atoms with van der Waals surface area (Å²) in [6.07, 6.45) is 6.58. The van der Waals surface area contributed by atoms with Crippen molar-refractivity contribution in [2.45, 2.75) is 95.6 Å². The number of piperidine rings is 1. The predicted octanol–water partition coefficient (Wildman–Crippen LogP) is 2.79. The molecule has 5 fully saturated rings. The molecule has 1 N–H and O–H groups in total. The van der Waals surface area contributed by atoms with Crippen molar-refractivity contribution >= 4 is 11.9 Å². The third-order valence-corrected chi connectivity index (χ3v) is 9.19. The summed E-state index contributed by atoms with van der Waals surface area (Å²) in [5.41, 5.74) is -0.388. The first-order valence-corrected chi connectivity index (χ1v) is 13.2. The molecule has 4 saturated heterocycles. The topological polar surface area (TPSA) is 65.1 Å². The highest BCUT2D eigenvalue weighted by atomic mass is 19.1. The van der Waals surface area contributed by atoms with Crippen molar-refractivity contribution < 1.29 is 18.7 Å². The third kappa shape index (κ3) is 4.26. The van der Waals surface area contributed by atoms with Crippen LogP contribution in [0.4, 0.5) is 9.18 Å². The van der Waals surface area contributed by atoms with E-state index in [2.05, 4.69) is 24.1 Å². The zero-order chi connectivity index (χ0) is 23.2. The lowest BCUT2D eigenvalue weighted by Crippen LogP contribution is -2.57. The number of ether oxygens (including phenoxy) is 1. The maximum absolute atomic E-state index is 14.3. The molecule has 1 saturated carbocycles. The highest BCUT2D eigenvalue weighted by Crippen LogP contribution is 2.48. The number of halogens is 1. The summed E-state index contributed by atoms with van der Waals surface area (Å²) in [6.45, 7) is 8.17. The quantitative estimate of drug-likeness (QED) is 0.695. The number of likely N-dealkylation sites (tertiary alicyclic amines) is 3. The molecule has 2 bridgehead atoms. The lowest BCUT2D eigenvalue weighted by atomic mass is 9.74. The molecule has 3 amide bonds. The van der Waals surface area contributed by atoms with Gasteiger partial charge in [0.05, 0.1) is 24.1 Å². The van der Waals surface area contributed by atoms with Crippen LogP contribution >= 0.6 is 0 Å². The van der Waals surface area contributed by atoms with E-state index in [4.69, 9.17) is 4.74 Å². The molecule has 0 aromatic rings. The van der Waals surface area contributed by atoms with Gasteiger partial charge in [-0.2, -0.15) is 0 Å². The Balaban J connectivity index is 1.22. The molecule has 33 heavy (non-hydrogen) atoms. The number of urea groups is 1. The number of alkyl halides is 1. The molecule has 7 nitrogen and oxygen atoms in total. The van der Waals surface area contributed by atoms with Crippen LogP contribution in [0.3, 0.4) is 0 Å². The molecule has 0 aromatic heterocycles. The van der Waals surface area contributed by atoms with Gasteiger partial charge in [-0.15, -0.1) is 0 Å². The maximum atomic E-state index is 14.3. The highest BCUT2D eigenvalue weighted by Gasteiger charge is 2.55. The summed E-state index contributed by atoms with van der Waals surface area (Å²) in [5.74, 6) is 0.501. The van der Waals surface area contributed by atoms with Gasteiger partial charge in [-0.3, -0.25) is 4.79 Å². The van der Waals surface area contributed by atoms with Gasteiger partial charge < -0.3 is 24.8 Å². The van der Waals surface area contributed by atoms with E-state index in [1.54, 1.807) is 0 Å². The predicted molar refractivity (Wildman–Crippen MR) is 124 cm³/mol. The fourth-order valence-corrected chi connectivity index (χ4v) is 7.08. The van der Waals surface area contributed by atoms with E-state index in [1.165, 1.54) is 6.42 Å². The smallest absolute Gasteiger partial charge is 0.320 e. The first-order chi connectivity index (χ1) is 15.9. The summed E-state index contributed by atoms with van der Waals surface area (Å²) in [6, 6.07) is 0.482. The van der Waals surface area contributed by atoms with Crippen LogP contribution in [0.25, 0.3) is 0 Å². The summed E-state index contributed by atoms with van der Waals surface area (Å²) in [7, 11) is 0. The minimum Gasteiger partial charge on any atom is -0.378 e. The molecule has 186 valence electrons. The van der Waals surface area contributed by atoms with Gasteiger partial charge in [-0.1, -0.05) is 13.8 Å². The molecule has 0 radical (unpaired) electrons. The van der Waals surface area contributed by atoms with Gasteiger partial charge in [0.1, 0.15) is 6.17 Å².